The molecule has 2 rings (SSSR count). The summed E-state index contributed by atoms with van der Waals surface area (Å²) in [5.41, 5.74) is 5.44. The smallest absolute Gasteiger partial charge is 0.330 e. The Morgan fingerprint density at radius 3 is 2.64 bits per heavy atom. The Bertz CT molecular complexity index is 749. The maximum Gasteiger partial charge on any atom is 0.330 e. The Kier molecular flexibility index (Phi) is 5.89. The molecule has 0 amide bonds. The third kappa shape index (κ3) is 5.09. The standard InChI is InChI=1S/C22H28O3/c1-7-24-21(23)10-15(2)8-9-18-13-22(5,6)14-25-20-12-17(4)16(3)11-19(18)20/h8-13H,7,14H2,1-6H3/b9-8+,15-10+. The predicted molar refractivity (Wildman–Crippen MR) is 103 cm³/mol. The topological polar surface area (TPSA) is 35.5 Å². The lowest BCUT2D eigenvalue weighted by molar-refractivity contribution is -0.137. The Morgan fingerprint density at radius 2 is 1.96 bits per heavy atom. The van der Waals surface area contributed by atoms with E-state index in [9.17, 15) is 4.79 Å². The fraction of sp³-hybridized carbons (Fsp3) is 0.409. The molecule has 0 saturated heterocycles. The van der Waals surface area contributed by atoms with Gasteiger partial charge in [0.25, 0.3) is 0 Å². The molecule has 0 unspecified atom stereocenters. The predicted octanol–water partition coefficient (Wildman–Crippen LogP) is 5.17. The van der Waals surface area contributed by atoms with Gasteiger partial charge in [-0.2, -0.15) is 0 Å². The van der Waals surface area contributed by atoms with Gasteiger partial charge in [0.1, 0.15) is 5.75 Å². The van der Waals surface area contributed by atoms with Crippen molar-refractivity contribution >= 4 is 11.5 Å². The molecule has 134 valence electrons. The van der Waals surface area contributed by atoms with Gasteiger partial charge in [-0.15, -0.1) is 0 Å². The van der Waals surface area contributed by atoms with Gasteiger partial charge in [0.05, 0.1) is 13.2 Å². The normalized spacial score (nSPS) is 16.7. The summed E-state index contributed by atoms with van der Waals surface area (Å²) in [6.07, 6.45) is 7.75. The zero-order chi connectivity index (χ0) is 18.6. The highest BCUT2D eigenvalue weighted by Gasteiger charge is 2.23. The number of ether oxygens (including phenoxy) is 2. The first kappa shape index (κ1) is 19.0. The number of hydrogen-bond acceptors (Lipinski definition) is 3. The van der Waals surface area contributed by atoms with Crippen LogP contribution in [0.2, 0.25) is 0 Å². The highest BCUT2D eigenvalue weighted by Crippen LogP contribution is 2.37. The molecule has 1 heterocycles. The summed E-state index contributed by atoms with van der Waals surface area (Å²) < 4.78 is 11.0. The Morgan fingerprint density at radius 1 is 1.28 bits per heavy atom. The molecule has 0 spiro atoms. The third-order valence-corrected chi connectivity index (χ3v) is 4.21. The number of fused-ring (bicyclic) bond motifs is 1. The Labute approximate surface area is 151 Å². The second-order valence-corrected chi connectivity index (χ2v) is 7.28. The van der Waals surface area contributed by atoms with Crippen molar-refractivity contribution in [2.75, 3.05) is 13.2 Å². The average molecular weight is 340 g/mol. The first-order chi connectivity index (χ1) is 11.7. The van der Waals surface area contributed by atoms with E-state index in [-0.39, 0.29) is 11.4 Å². The number of carbonyl (C=O) groups excluding carboxylic acids is 1. The van der Waals surface area contributed by atoms with Gasteiger partial charge in [-0.25, -0.2) is 4.79 Å². The molecule has 3 nitrogen and oxygen atoms in total. The van der Waals surface area contributed by atoms with Crippen molar-refractivity contribution in [1.29, 1.82) is 0 Å². The summed E-state index contributed by atoms with van der Waals surface area (Å²) in [6, 6.07) is 4.28. The van der Waals surface area contributed by atoms with Gasteiger partial charge in [0, 0.05) is 17.1 Å². The fourth-order valence-corrected chi connectivity index (χ4v) is 2.72. The van der Waals surface area contributed by atoms with Gasteiger partial charge in [-0.3, -0.25) is 0 Å². The van der Waals surface area contributed by atoms with Crippen molar-refractivity contribution in [1.82, 2.24) is 0 Å². The van der Waals surface area contributed by atoms with Crippen molar-refractivity contribution in [3.63, 3.8) is 0 Å². The van der Waals surface area contributed by atoms with E-state index in [0.29, 0.717) is 13.2 Å². The summed E-state index contributed by atoms with van der Waals surface area (Å²) in [4.78, 5) is 11.6. The number of benzene rings is 1. The van der Waals surface area contributed by atoms with Crippen LogP contribution in [0.15, 0.2) is 42.0 Å². The molecule has 1 aliphatic rings. The van der Waals surface area contributed by atoms with Crippen molar-refractivity contribution in [2.24, 2.45) is 5.41 Å². The second-order valence-electron chi connectivity index (χ2n) is 7.28. The molecule has 0 aromatic heterocycles. The number of hydrogen-bond donors (Lipinski definition) is 0. The lowest BCUT2D eigenvalue weighted by Gasteiger charge is -2.18. The molecule has 0 radical (unpaired) electrons. The second kappa shape index (κ2) is 7.73. The minimum absolute atomic E-state index is 0.0702. The molecule has 0 aliphatic carbocycles. The number of allylic oxidation sites excluding steroid dienone is 4. The molecular formula is C22H28O3. The fourth-order valence-electron chi connectivity index (χ4n) is 2.72. The van der Waals surface area contributed by atoms with Crippen molar-refractivity contribution in [3.05, 3.63) is 58.7 Å². The van der Waals surface area contributed by atoms with Crippen LogP contribution in [0.4, 0.5) is 0 Å². The highest BCUT2D eigenvalue weighted by molar-refractivity contribution is 5.84. The monoisotopic (exact) mass is 340 g/mol. The molecule has 0 bridgehead atoms. The van der Waals surface area contributed by atoms with E-state index in [0.717, 1.165) is 22.5 Å². The number of aryl methyl sites for hydroxylation is 2. The van der Waals surface area contributed by atoms with E-state index in [1.807, 2.05) is 13.0 Å². The Hall–Kier alpha value is -2.29. The molecule has 3 heteroatoms. The van der Waals surface area contributed by atoms with Gasteiger partial charge in [-0.05, 0) is 62.1 Å². The van der Waals surface area contributed by atoms with Gasteiger partial charge < -0.3 is 9.47 Å². The van der Waals surface area contributed by atoms with E-state index < -0.39 is 0 Å². The van der Waals surface area contributed by atoms with E-state index in [2.05, 4.69) is 52.0 Å². The van der Waals surface area contributed by atoms with E-state index in [4.69, 9.17) is 9.47 Å². The molecule has 1 aliphatic heterocycles. The van der Waals surface area contributed by atoms with E-state index in [1.54, 1.807) is 6.92 Å². The first-order valence-electron chi connectivity index (χ1n) is 8.72. The molecule has 1 aromatic rings. The molecule has 0 fully saturated rings. The van der Waals surface area contributed by atoms with Crippen LogP contribution in [0.5, 0.6) is 5.75 Å². The van der Waals surface area contributed by atoms with Crippen LogP contribution in [-0.4, -0.2) is 19.2 Å². The minimum atomic E-state index is -0.310. The van der Waals surface area contributed by atoms with Crippen molar-refractivity contribution < 1.29 is 14.3 Å². The van der Waals surface area contributed by atoms with Crippen LogP contribution >= 0.6 is 0 Å². The zero-order valence-electron chi connectivity index (χ0n) is 16.1. The quantitative estimate of drug-likeness (QED) is 0.431. The average Bonchev–Trinajstić information content (AvgIpc) is 2.63. The molecule has 0 N–H and O–H groups in total. The summed E-state index contributed by atoms with van der Waals surface area (Å²) in [5.74, 6) is 0.603. The lowest BCUT2D eigenvalue weighted by Crippen LogP contribution is -2.17. The van der Waals surface area contributed by atoms with Crippen molar-refractivity contribution in [3.8, 4) is 5.75 Å². The first-order valence-corrected chi connectivity index (χ1v) is 8.72. The van der Waals surface area contributed by atoms with Crippen molar-refractivity contribution in [2.45, 2.75) is 41.5 Å². The SMILES string of the molecule is CCOC(=O)/C=C(C)/C=C/C1=CC(C)(C)COc2cc(C)c(C)cc21. The highest BCUT2D eigenvalue weighted by atomic mass is 16.5. The molecule has 0 saturated carbocycles. The van der Waals surface area contributed by atoms with E-state index >= 15 is 0 Å². The van der Waals surface area contributed by atoms with Crippen LogP contribution in [0.3, 0.4) is 0 Å². The summed E-state index contributed by atoms with van der Waals surface area (Å²) in [7, 11) is 0. The molecule has 1 aromatic carbocycles. The lowest BCUT2D eigenvalue weighted by atomic mass is 9.89. The van der Waals surface area contributed by atoms with Crippen LogP contribution < -0.4 is 4.74 Å². The molecule has 0 atom stereocenters. The van der Waals surface area contributed by atoms with Gasteiger partial charge >= 0.3 is 5.97 Å². The third-order valence-electron chi connectivity index (χ3n) is 4.21. The van der Waals surface area contributed by atoms with Crippen LogP contribution in [0, 0.1) is 19.3 Å². The van der Waals surface area contributed by atoms with Gasteiger partial charge in [0.15, 0.2) is 0 Å². The van der Waals surface area contributed by atoms with Gasteiger partial charge in [-0.1, -0.05) is 32.1 Å². The largest absolute Gasteiger partial charge is 0.492 e. The van der Waals surface area contributed by atoms with Crippen LogP contribution in [0.25, 0.3) is 5.57 Å². The van der Waals surface area contributed by atoms with Crippen LogP contribution in [0.1, 0.15) is 44.4 Å². The summed E-state index contributed by atoms with van der Waals surface area (Å²) >= 11 is 0. The number of carbonyl (C=O) groups is 1. The minimum Gasteiger partial charge on any atom is -0.492 e. The van der Waals surface area contributed by atoms with Crippen LogP contribution in [-0.2, 0) is 9.53 Å². The number of esters is 1. The maximum absolute atomic E-state index is 11.6. The summed E-state index contributed by atoms with van der Waals surface area (Å²) in [6.45, 7) is 13.2. The maximum atomic E-state index is 11.6. The Balaban J connectivity index is 2.40. The molecule has 25 heavy (non-hydrogen) atoms. The molecular weight excluding hydrogens is 312 g/mol. The van der Waals surface area contributed by atoms with E-state index in [1.165, 1.54) is 17.2 Å². The summed E-state index contributed by atoms with van der Waals surface area (Å²) in [5, 5.41) is 0. The van der Waals surface area contributed by atoms with Gasteiger partial charge in [0.2, 0.25) is 0 Å². The number of rotatable bonds is 4. The zero-order valence-corrected chi connectivity index (χ0v) is 16.1.